The predicted octanol–water partition coefficient (Wildman–Crippen LogP) is 2.86. The molecular weight excluding hydrogens is 477 g/mol. The van der Waals surface area contributed by atoms with E-state index in [4.69, 9.17) is 9.72 Å². The van der Waals surface area contributed by atoms with Crippen LogP contribution in [0.2, 0.25) is 0 Å². The van der Waals surface area contributed by atoms with E-state index in [1.807, 2.05) is 23.9 Å². The minimum Gasteiger partial charge on any atom is -0.480 e. The normalized spacial score (nSPS) is 14.5. The Bertz CT molecular complexity index is 994. The number of carboxylic acids is 1. The first-order valence-corrected chi connectivity index (χ1v) is 12.9. The third kappa shape index (κ3) is 9.40. The standard InChI is InChI=1S/C26H40FN7O3/c1-33(2)24-15-23(29-18-30-24)32-22(26(35)36)11-14-34(16-20(27)17-37-3)13-5-4-8-21-10-9-19-7-6-12-28-25(19)31-21/h9-10,15,18,20,22H,4-8,11-14,16-17H2,1-3H3,(H,28,31)(H,35,36)(H,29,30,32)/t20-,22?/m0/s1. The van der Waals surface area contributed by atoms with Gasteiger partial charge in [-0.3, -0.25) is 0 Å². The van der Waals surface area contributed by atoms with Gasteiger partial charge in [0.2, 0.25) is 0 Å². The van der Waals surface area contributed by atoms with Crippen molar-refractivity contribution < 1.29 is 19.0 Å². The van der Waals surface area contributed by atoms with Crippen LogP contribution in [0.3, 0.4) is 0 Å². The van der Waals surface area contributed by atoms with Gasteiger partial charge in [0.05, 0.1) is 6.61 Å². The van der Waals surface area contributed by atoms with Crippen molar-refractivity contribution in [3.05, 3.63) is 35.8 Å². The van der Waals surface area contributed by atoms with Crippen molar-refractivity contribution >= 4 is 23.4 Å². The van der Waals surface area contributed by atoms with Gasteiger partial charge in [-0.25, -0.2) is 24.1 Å². The molecule has 37 heavy (non-hydrogen) atoms. The van der Waals surface area contributed by atoms with Crippen molar-refractivity contribution in [2.75, 3.05) is 69.5 Å². The van der Waals surface area contributed by atoms with Crippen LogP contribution in [0.15, 0.2) is 24.5 Å². The predicted molar refractivity (Wildman–Crippen MR) is 143 cm³/mol. The van der Waals surface area contributed by atoms with Crippen LogP contribution >= 0.6 is 0 Å². The number of aryl methyl sites for hydroxylation is 2. The molecule has 0 saturated carbocycles. The molecule has 0 bridgehead atoms. The van der Waals surface area contributed by atoms with Crippen LogP contribution in [0.5, 0.6) is 0 Å². The van der Waals surface area contributed by atoms with E-state index < -0.39 is 18.2 Å². The van der Waals surface area contributed by atoms with Crippen LogP contribution in [0, 0.1) is 0 Å². The van der Waals surface area contributed by atoms with Crippen LogP contribution in [-0.4, -0.2) is 97.1 Å². The Labute approximate surface area is 218 Å². The highest BCUT2D eigenvalue weighted by Crippen LogP contribution is 2.20. The number of aliphatic carboxylic acids is 1. The molecular formula is C26H40FN7O3. The molecule has 0 fully saturated rings. The second-order valence-corrected chi connectivity index (χ2v) is 9.63. The van der Waals surface area contributed by atoms with E-state index in [2.05, 4.69) is 32.7 Å². The van der Waals surface area contributed by atoms with Gasteiger partial charge in [0.1, 0.15) is 36.0 Å². The van der Waals surface area contributed by atoms with Crippen LogP contribution in [0.4, 0.5) is 21.8 Å². The Kier molecular flexibility index (Phi) is 11.3. The first-order chi connectivity index (χ1) is 17.9. The minimum atomic E-state index is -1.14. The van der Waals surface area contributed by atoms with Crippen LogP contribution in [0.25, 0.3) is 0 Å². The maximum Gasteiger partial charge on any atom is 0.326 e. The lowest BCUT2D eigenvalue weighted by Crippen LogP contribution is -2.38. The summed E-state index contributed by atoms with van der Waals surface area (Å²) in [5.74, 6) is 1.13. The molecule has 10 nitrogen and oxygen atoms in total. The zero-order valence-corrected chi connectivity index (χ0v) is 22.1. The lowest BCUT2D eigenvalue weighted by molar-refractivity contribution is -0.138. The number of methoxy groups -OCH3 is 1. The van der Waals surface area contributed by atoms with Gasteiger partial charge in [-0.2, -0.15) is 0 Å². The molecule has 3 heterocycles. The summed E-state index contributed by atoms with van der Waals surface area (Å²) in [7, 11) is 5.18. The van der Waals surface area contributed by atoms with E-state index in [9.17, 15) is 14.3 Å². The number of carbonyl (C=O) groups is 1. The third-order valence-electron chi connectivity index (χ3n) is 6.38. The van der Waals surface area contributed by atoms with Crippen molar-refractivity contribution in [2.45, 2.75) is 50.7 Å². The molecule has 1 aliphatic rings. The number of ether oxygens (including phenoxy) is 1. The number of aromatic nitrogens is 3. The molecule has 2 aromatic rings. The second kappa shape index (κ2) is 14.6. The molecule has 0 amide bonds. The molecule has 2 aromatic heterocycles. The molecule has 3 N–H and O–H groups in total. The lowest BCUT2D eigenvalue weighted by Gasteiger charge is -2.26. The van der Waals surface area contributed by atoms with Gasteiger partial charge < -0.3 is 30.3 Å². The molecule has 11 heteroatoms. The molecule has 204 valence electrons. The van der Waals surface area contributed by atoms with Gasteiger partial charge in [-0.05, 0) is 56.7 Å². The molecule has 0 radical (unpaired) electrons. The molecule has 0 saturated heterocycles. The maximum absolute atomic E-state index is 14.4. The summed E-state index contributed by atoms with van der Waals surface area (Å²) in [5.41, 5.74) is 2.33. The number of nitrogens with one attached hydrogen (secondary N) is 2. The average molecular weight is 518 g/mol. The van der Waals surface area contributed by atoms with Crippen molar-refractivity contribution in [2.24, 2.45) is 0 Å². The fourth-order valence-electron chi connectivity index (χ4n) is 4.38. The largest absolute Gasteiger partial charge is 0.480 e. The number of halogens is 1. The summed E-state index contributed by atoms with van der Waals surface area (Å²) >= 11 is 0. The Hall–Kier alpha value is -3.05. The zero-order valence-electron chi connectivity index (χ0n) is 22.1. The summed E-state index contributed by atoms with van der Waals surface area (Å²) in [6.45, 7) is 2.26. The van der Waals surface area contributed by atoms with E-state index in [1.54, 1.807) is 6.07 Å². The van der Waals surface area contributed by atoms with E-state index >= 15 is 0 Å². The number of nitrogens with zero attached hydrogens (tertiary/aromatic N) is 5. The van der Waals surface area contributed by atoms with Crippen LogP contribution < -0.4 is 15.5 Å². The summed E-state index contributed by atoms with van der Waals surface area (Å²) in [5, 5.41) is 16.1. The van der Waals surface area contributed by atoms with Crippen molar-refractivity contribution in [1.82, 2.24) is 19.9 Å². The van der Waals surface area contributed by atoms with E-state index in [0.29, 0.717) is 31.1 Å². The number of alkyl halides is 1. The quantitative estimate of drug-likeness (QED) is 0.287. The highest BCUT2D eigenvalue weighted by Gasteiger charge is 2.21. The van der Waals surface area contributed by atoms with E-state index in [0.717, 1.165) is 50.2 Å². The summed E-state index contributed by atoms with van der Waals surface area (Å²) in [4.78, 5) is 28.8. The highest BCUT2D eigenvalue weighted by atomic mass is 19.1. The van der Waals surface area contributed by atoms with Crippen LogP contribution in [0.1, 0.15) is 36.9 Å². The summed E-state index contributed by atoms with van der Waals surface area (Å²) < 4.78 is 19.4. The first-order valence-electron chi connectivity index (χ1n) is 12.9. The van der Waals surface area contributed by atoms with Crippen molar-refractivity contribution in [3.8, 4) is 0 Å². The molecule has 1 unspecified atom stereocenters. The molecule has 0 aromatic carbocycles. The van der Waals surface area contributed by atoms with Gasteiger partial charge in [0.15, 0.2) is 0 Å². The number of carboxylic acid groups (broad SMARTS) is 1. The smallest absolute Gasteiger partial charge is 0.326 e. The highest BCUT2D eigenvalue weighted by molar-refractivity contribution is 5.77. The van der Waals surface area contributed by atoms with Gasteiger partial charge in [-0.1, -0.05) is 6.07 Å². The number of unbranched alkanes of at least 4 members (excludes halogenated alkanes) is 1. The van der Waals surface area contributed by atoms with E-state index in [-0.39, 0.29) is 13.2 Å². The topological polar surface area (TPSA) is 116 Å². The number of pyridine rings is 1. The second-order valence-electron chi connectivity index (χ2n) is 9.63. The Morgan fingerprint density at radius 1 is 1.27 bits per heavy atom. The number of fused-ring (bicyclic) bond motifs is 1. The zero-order chi connectivity index (χ0) is 26.6. The molecule has 0 aliphatic carbocycles. The first kappa shape index (κ1) is 28.5. The van der Waals surface area contributed by atoms with Gasteiger partial charge in [-0.15, -0.1) is 0 Å². The number of rotatable bonds is 16. The van der Waals surface area contributed by atoms with Crippen molar-refractivity contribution in [1.29, 1.82) is 0 Å². The lowest BCUT2D eigenvalue weighted by atomic mass is 10.1. The number of hydrogen-bond donors (Lipinski definition) is 3. The summed E-state index contributed by atoms with van der Waals surface area (Å²) in [6.07, 6.45) is 5.38. The molecule has 3 rings (SSSR count). The Balaban J connectivity index is 1.53. The fraction of sp³-hybridized carbons (Fsp3) is 0.615. The number of anilines is 3. The SMILES string of the molecule is COC[C@@H](F)CN(CCCCc1ccc2c(n1)NCCC2)CCC(Nc1cc(N(C)C)ncn1)C(=O)O. The van der Waals surface area contributed by atoms with Gasteiger partial charge >= 0.3 is 5.97 Å². The minimum absolute atomic E-state index is 0.0113. The summed E-state index contributed by atoms with van der Waals surface area (Å²) in [6, 6.07) is 5.10. The fourth-order valence-corrected chi connectivity index (χ4v) is 4.38. The Morgan fingerprint density at radius 3 is 2.86 bits per heavy atom. The van der Waals surface area contributed by atoms with Gasteiger partial charge in [0.25, 0.3) is 0 Å². The monoisotopic (exact) mass is 517 g/mol. The molecule has 1 aliphatic heterocycles. The van der Waals surface area contributed by atoms with E-state index in [1.165, 1.54) is 19.0 Å². The maximum atomic E-state index is 14.4. The van der Waals surface area contributed by atoms with Crippen LogP contribution in [-0.2, 0) is 22.4 Å². The average Bonchev–Trinajstić information content (AvgIpc) is 2.88. The Morgan fingerprint density at radius 2 is 2.11 bits per heavy atom. The van der Waals surface area contributed by atoms with Crippen molar-refractivity contribution in [3.63, 3.8) is 0 Å². The number of hydrogen-bond acceptors (Lipinski definition) is 9. The van der Waals surface area contributed by atoms with Gasteiger partial charge in [0, 0.05) is 52.6 Å². The molecule has 2 atom stereocenters. The third-order valence-corrected chi connectivity index (χ3v) is 6.38. The molecule has 0 spiro atoms.